The molecule has 0 saturated carbocycles. The predicted molar refractivity (Wildman–Crippen MR) is 64.9 cm³/mol. The second-order valence-corrected chi connectivity index (χ2v) is 5.18. The summed E-state index contributed by atoms with van der Waals surface area (Å²) < 4.78 is 0. The molecule has 0 aromatic carbocycles. The molecule has 1 rings (SSSR count). The molecule has 1 N–H and O–H groups in total. The van der Waals surface area contributed by atoms with Gasteiger partial charge in [0, 0.05) is 12.6 Å². The van der Waals surface area contributed by atoms with Crippen LogP contribution in [0.2, 0.25) is 0 Å². The van der Waals surface area contributed by atoms with E-state index in [9.17, 15) is 5.11 Å². The number of hydrogen-bond donors (Lipinski definition) is 1. The second-order valence-electron chi connectivity index (χ2n) is 5.18. The third-order valence-corrected chi connectivity index (χ3v) is 3.83. The van der Waals surface area contributed by atoms with Gasteiger partial charge in [0.25, 0.3) is 0 Å². The van der Waals surface area contributed by atoms with E-state index in [1.807, 2.05) is 6.92 Å². The number of nitriles is 1. The summed E-state index contributed by atoms with van der Waals surface area (Å²) in [5, 5.41) is 19.6. The zero-order valence-corrected chi connectivity index (χ0v) is 10.7. The number of nitrogens with zero attached hydrogens (tertiary/aromatic N) is 2. The molecule has 1 aliphatic heterocycles. The molecule has 3 heteroatoms. The molecule has 16 heavy (non-hydrogen) atoms. The van der Waals surface area contributed by atoms with Crippen molar-refractivity contribution in [2.45, 2.75) is 58.1 Å². The molecule has 0 amide bonds. The number of rotatable bonds is 3. The third kappa shape index (κ3) is 2.96. The Morgan fingerprint density at radius 1 is 1.38 bits per heavy atom. The Morgan fingerprint density at radius 2 is 2.06 bits per heavy atom. The van der Waals surface area contributed by atoms with E-state index in [1.165, 1.54) is 0 Å². The minimum Gasteiger partial charge on any atom is -0.388 e. The molecular formula is C13H24N2O. The van der Waals surface area contributed by atoms with Crippen LogP contribution in [-0.4, -0.2) is 34.7 Å². The normalized spacial score (nSPS) is 29.8. The van der Waals surface area contributed by atoms with Crippen molar-refractivity contribution < 1.29 is 5.11 Å². The van der Waals surface area contributed by atoms with E-state index in [4.69, 9.17) is 5.26 Å². The van der Waals surface area contributed by atoms with Gasteiger partial charge in [0.2, 0.25) is 0 Å². The smallest absolute Gasteiger partial charge is 0.0817 e. The monoisotopic (exact) mass is 224 g/mol. The summed E-state index contributed by atoms with van der Waals surface area (Å²) in [7, 11) is 0. The van der Waals surface area contributed by atoms with Gasteiger partial charge in [-0.2, -0.15) is 5.26 Å². The SMILES string of the molecule is CCC(C#N)C1(O)CCCN(C(C)C)CC1. The fourth-order valence-electron chi connectivity index (χ4n) is 2.62. The maximum absolute atomic E-state index is 10.6. The van der Waals surface area contributed by atoms with Crippen LogP contribution in [0.5, 0.6) is 0 Å². The average molecular weight is 224 g/mol. The molecule has 92 valence electrons. The van der Waals surface area contributed by atoms with Gasteiger partial charge in [-0.3, -0.25) is 0 Å². The van der Waals surface area contributed by atoms with E-state index in [0.717, 1.165) is 38.8 Å². The standard InChI is InChI=1S/C13H24N2O/c1-4-12(10-14)13(16)6-5-8-15(9-7-13)11(2)3/h11-12,16H,4-9H2,1-3H3. The highest BCUT2D eigenvalue weighted by molar-refractivity contribution is 4.99. The summed E-state index contributed by atoms with van der Waals surface area (Å²) in [5.41, 5.74) is -0.757. The fourth-order valence-corrected chi connectivity index (χ4v) is 2.62. The van der Waals surface area contributed by atoms with Crippen LogP contribution in [0.3, 0.4) is 0 Å². The highest BCUT2D eigenvalue weighted by Crippen LogP contribution is 2.32. The summed E-state index contributed by atoms with van der Waals surface area (Å²) in [6.45, 7) is 8.31. The minimum atomic E-state index is -0.757. The first-order valence-electron chi connectivity index (χ1n) is 6.39. The zero-order valence-electron chi connectivity index (χ0n) is 10.7. The van der Waals surface area contributed by atoms with Crippen LogP contribution in [0.1, 0.15) is 46.5 Å². The Bertz CT molecular complexity index is 259. The van der Waals surface area contributed by atoms with Gasteiger partial charge in [-0.1, -0.05) is 6.92 Å². The lowest BCUT2D eigenvalue weighted by atomic mass is 9.81. The van der Waals surface area contributed by atoms with E-state index >= 15 is 0 Å². The number of aliphatic hydroxyl groups is 1. The van der Waals surface area contributed by atoms with E-state index in [1.54, 1.807) is 0 Å². The van der Waals surface area contributed by atoms with Crippen LogP contribution in [-0.2, 0) is 0 Å². The van der Waals surface area contributed by atoms with Gasteiger partial charge in [0.1, 0.15) is 0 Å². The molecular weight excluding hydrogens is 200 g/mol. The first-order chi connectivity index (χ1) is 7.53. The van der Waals surface area contributed by atoms with E-state index in [0.29, 0.717) is 6.04 Å². The molecule has 1 saturated heterocycles. The van der Waals surface area contributed by atoms with Crippen LogP contribution in [0, 0.1) is 17.2 Å². The molecule has 3 nitrogen and oxygen atoms in total. The molecule has 0 aromatic rings. The topological polar surface area (TPSA) is 47.3 Å². The molecule has 1 fully saturated rings. The lowest BCUT2D eigenvalue weighted by Crippen LogP contribution is -2.39. The van der Waals surface area contributed by atoms with Crippen LogP contribution in [0.25, 0.3) is 0 Å². The molecule has 1 aliphatic rings. The summed E-state index contributed by atoms with van der Waals surface area (Å²) in [6.07, 6.45) is 3.24. The van der Waals surface area contributed by atoms with Crippen LogP contribution in [0.4, 0.5) is 0 Å². The maximum atomic E-state index is 10.6. The van der Waals surface area contributed by atoms with Crippen molar-refractivity contribution in [1.82, 2.24) is 4.90 Å². The molecule has 1 heterocycles. The van der Waals surface area contributed by atoms with Crippen molar-refractivity contribution in [1.29, 1.82) is 5.26 Å². The zero-order chi connectivity index (χ0) is 12.2. The Kier molecular flexibility index (Phi) is 4.76. The first-order valence-corrected chi connectivity index (χ1v) is 6.39. The van der Waals surface area contributed by atoms with Crippen molar-refractivity contribution in [2.75, 3.05) is 13.1 Å². The van der Waals surface area contributed by atoms with Crippen LogP contribution < -0.4 is 0 Å². The maximum Gasteiger partial charge on any atom is 0.0817 e. The Hall–Kier alpha value is -0.590. The third-order valence-electron chi connectivity index (χ3n) is 3.83. The van der Waals surface area contributed by atoms with E-state index in [-0.39, 0.29) is 5.92 Å². The summed E-state index contributed by atoms with van der Waals surface area (Å²) in [5.74, 6) is -0.209. The molecule has 0 spiro atoms. The largest absolute Gasteiger partial charge is 0.388 e. The highest BCUT2D eigenvalue weighted by atomic mass is 16.3. The Balaban J connectivity index is 2.68. The molecule has 0 aromatic heterocycles. The van der Waals surface area contributed by atoms with Gasteiger partial charge >= 0.3 is 0 Å². The van der Waals surface area contributed by atoms with Crippen LogP contribution in [0.15, 0.2) is 0 Å². The Morgan fingerprint density at radius 3 is 2.56 bits per heavy atom. The fraction of sp³-hybridized carbons (Fsp3) is 0.923. The van der Waals surface area contributed by atoms with Crippen molar-refractivity contribution >= 4 is 0 Å². The second kappa shape index (κ2) is 5.65. The lowest BCUT2D eigenvalue weighted by molar-refractivity contribution is -0.0130. The van der Waals surface area contributed by atoms with Gasteiger partial charge in [0.05, 0.1) is 17.6 Å². The molecule has 2 unspecified atom stereocenters. The van der Waals surface area contributed by atoms with Crippen molar-refractivity contribution in [3.8, 4) is 6.07 Å². The Labute approximate surface area is 99.1 Å². The van der Waals surface area contributed by atoms with Crippen LogP contribution >= 0.6 is 0 Å². The van der Waals surface area contributed by atoms with E-state index in [2.05, 4.69) is 24.8 Å². The first kappa shape index (κ1) is 13.5. The summed E-state index contributed by atoms with van der Waals surface area (Å²) in [6, 6.07) is 2.80. The predicted octanol–water partition coefficient (Wildman–Crippen LogP) is 2.16. The van der Waals surface area contributed by atoms with Gasteiger partial charge in [-0.05, 0) is 46.1 Å². The van der Waals surface area contributed by atoms with Crippen molar-refractivity contribution in [3.05, 3.63) is 0 Å². The van der Waals surface area contributed by atoms with Crippen molar-refractivity contribution in [3.63, 3.8) is 0 Å². The summed E-state index contributed by atoms with van der Waals surface area (Å²) >= 11 is 0. The molecule has 0 aliphatic carbocycles. The average Bonchev–Trinajstić information content (AvgIpc) is 2.43. The lowest BCUT2D eigenvalue weighted by Gasteiger charge is -2.31. The number of hydrogen-bond acceptors (Lipinski definition) is 3. The van der Waals surface area contributed by atoms with Crippen molar-refractivity contribution in [2.24, 2.45) is 5.92 Å². The van der Waals surface area contributed by atoms with Gasteiger partial charge in [-0.25, -0.2) is 0 Å². The number of likely N-dealkylation sites (tertiary alicyclic amines) is 1. The molecule has 0 bridgehead atoms. The molecule has 2 atom stereocenters. The summed E-state index contributed by atoms with van der Waals surface area (Å²) in [4.78, 5) is 2.39. The minimum absolute atomic E-state index is 0.209. The van der Waals surface area contributed by atoms with Gasteiger partial charge in [-0.15, -0.1) is 0 Å². The van der Waals surface area contributed by atoms with E-state index < -0.39 is 5.60 Å². The van der Waals surface area contributed by atoms with Gasteiger partial charge < -0.3 is 10.0 Å². The highest BCUT2D eigenvalue weighted by Gasteiger charge is 2.37. The quantitative estimate of drug-likeness (QED) is 0.799. The molecule has 0 radical (unpaired) electrons. The van der Waals surface area contributed by atoms with Gasteiger partial charge in [0.15, 0.2) is 0 Å².